The van der Waals surface area contributed by atoms with E-state index >= 15 is 0 Å². The van der Waals surface area contributed by atoms with Crippen LogP contribution >= 0.6 is 11.6 Å². The number of nitrogens with zero attached hydrogens (tertiary/aromatic N) is 3. The summed E-state index contributed by atoms with van der Waals surface area (Å²) in [5.41, 5.74) is 3.03. The summed E-state index contributed by atoms with van der Waals surface area (Å²) in [5.74, 6) is 1.96. The molecule has 3 aromatic rings. The van der Waals surface area contributed by atoms with Crippen molar-refractivity contribution in [2.45, 2.75) is 45.7 Å². The van der Waals surface area contributed by atoms with Crippen molar-refractivity contribution >= 4 is 28.5 Å². The van der Waals surface area contributed by atoms with Crippen LogP contribution in [-0.4, -0.2) is 33.5 Å². The molecule has 2 heterocycles. The second-order valence-electron chi connectivity index (χ2n) is 7.47. The first kappa shape index (κ1) is 19.8. The molecule has 0 N–H and O–H groups in total. The van der Waals surface area contributed by atoms with Gasteiger partial charge in [0, 0.05) is 18.0 Å². The molecule has 0 bridgehead atoms. The zero-order chi connectivity index (χ0) is 20.4. The first-order chi connectivity index (χ1) is 14.1. The van der Waals surface area contributed by atoms with Crippen LogP contribution in [0.4, 0.5) is 0 Å². The van der Waals surface area contributed by atoms with Crippen LogP contribution in [0.2, 0.25) is 5.02 Å². The van der Waals surface area contributed by atoms with E-state index in [0.29, 0.717) is 19.6 Å². The molecule has 29 heavy (non-hydrogen) atoms. The third kappa shape index (κ3) is 3.97. The molecular formula is C23H26ClN3O2. The first-order valence-electron chi connectivity index (χ1n) is 10.2. The lowest BCUT2D eigenvalue weighted by Gasteiger charge is -2.25. The number of para-hydroxylation sites is 2. The number of halogens is 1. The third-order valence-electron chi connectivity index (χ3n) is 5.57. The Bertz CT molecular complexity index is 1030. The normalized spacial score (nSPS) is 16.5. The maximum Gasteiger partial charge on any atom is 0.222 e. The molecule has 5 nitrogen and oxygen atoms in total. The molecule has 2 aromatic carbocycles. The zero-order valence-electron chi connectivity index (χ0n) is 16.9. The van der Waals surface area contributed by atoms with Crippen molar-refractivity contribution in [3.63, 3.8) is 0 Å². The minimum atomic E-state index is 0.0348. The average molecular weight is 412 g/mol. The summed E-state index contributed by atoms with van der Waals surface area (Å²) >= 11 is 6.11. The fourth-order valence-corrected chi connectivity index (χ4v) is 4.20. The monoisotopic (exact) mass is 411 g/mol. The number of carbonyl (C=O) groups is 1. The van der Waals surface area contributed by atoms with E-state index in [-0.39, 0.29) is 11.9 Å². The van der Waals surface area contributed by atoms with Gasteiger partial charge in [-0.15, -0.1) is 0 Å². The lowest BCUT2D eigenvalue weighted by Crippen LogP contribution is -2.31. The molecule has 1 aromatic heterocycles. The summed E-state index contributed by atoms with van der Waals surface area (Å²) < 4.78 is 8.20. The Morgan fingerprint density at radius 1 is 1.28 bits per heavy atom. The number of likely N-dealkylation sites (tertiary alicyclic amines) is 1. The molecule has 152 valence electrons. The Morgan fingerprint density at radius 2 is 2.10 bits per heavy atom. The number of amides is 1. The van der Waals surface area contributed by atoms with Gasteiger partial charge in [-0.3, -0.25) is 4.79 Å². The van der Waals surface area contributed by atoms with Crippen molar-refractivity contribution in [3.8, 4) is 5.75 Å². The summed E-state index contributed by atoms with van der Waals surface area (Å²) in [5, 5.41) is 0.738. The van der Waals surface area contributed by atoms with Crippen LogP contribution in [0.1, 0.15) is 43.6 Å². The van der Waals surface area contributed by atoms with Crippen LogP contribution in [-0.2, 0) is 11.3 Å². The van der Waals surface area contributed by atoms with Gasteiger partial charge in [-0.05, 0) is 55.7 Å². The van der Waals surface area contributed by atoms with Crippen LogP contribution < -0.4 is 4.74 Å². The molecule has 1 aliphatic heterocycles. The summed E-state index contributed by atoms with van der Waals surface area (Å²) in [6.07, 6.45) is 2.49. The van der Waals surface area contributed by atoms with Gasteiger partial charge >= 0.3 is 0 Å². The molecule has 1 fully saturated rings. The quantitative estimate of drug-likeness (QED) is 0.563. The maximum atomic E-state index is 12.4. The van der Waals surface area contributed by atoms with Crippen LogP contribution in [0.25, 0.3) is 11.0 Å². The second-order valence-corrected chi connectivity index (χ2v) is 7.88. The molecule has 0 spiro atoms. The fourth-order valence-electron chi connectivity index (χ4n) is 4.08. The van der Waals surface area contributed by atoms with Crippen molar-refractivity contribution in [1.82, 2.24) is 14.5 Å². The molecule has 0 aliphatic carbocycles. The van der Waals surface area contributed by atoms with E-state index in [2.05, 4.69) is 10.6 Å². The van der Waals surface area contributed by atoms with Crippen molar-refractivity contribution in [3.05, 3.63) is 58.9 Å². The summed E-state index contributed by atoms with van der Waals surface area (Å²) in [6.45, 7) is 5.88. The van der Waals surface area contributed by atoms with Gasteiger partial charge < -0.3 is 14.2 Å². The van der Waals surface area contributed by atoms with Gasteiger partial charge in [0.2, 0.25) is 5.91 Å². The minimum Gasteiger partial charge on any atom is -0.492 e. The number of rotatable bonds is 6. The fraction of sp³-hybridized carbons (Fsp3) is 0.391. The molecule has 1 saturated heterocycles. The SMILES string of the molecule is CCC(=O)N1CCC[C@H]1c1nc2ccccc2n1CCOc1ccc(Cl)c(C)c1. The second kappa shape index (κ2) is 8.46. The van der Waals surface area contributed by atoms with E-state index in [1.165, 1.54) is 0 Å². The predicted molar refractivity (Wildman–Crippen MR) is 115 cm³/mol. The number of ether oxygens (including phenoxy) is 1. The average Bonchev–Trinajstić information content (AvgIpc) is 3.35. The largest absolute Gasteiger partial charge is 0.492 e. The molecule has 0 radical (unpaired) electrons. The Morgan fingerprint density at radius 3 is 2.90 bits per heavy atom. The molecule has 1 atom stereocenters. The number of fused-ring (bicyclic) bond motifs is 1. The van der Waals surface area contributed by atoms with Crippen molar-refractivity contribution < 1.29 is 9.53 Å². The number of benzene rings is 2. The van der Waals surface area contributed by atoms with Gasteiger partial charge in [-0.25, -0.2) is 4.98 Å². The van der Waals surface area contributed by atoms with Gasteiger partial charge in [0.1, 0.15) is 18.2 Å². The number of aryl methyl sites for hydroxylation is 1. The number of aromatic nitrogens is 2. The van der Waals surface area contributed by atoms with E-state index in [1.54, 1.807) is 0 Å². The Labute approximate surface area is 176 Å². The molecular weight excluding hydrogens is 386 g/mol. The minimum absolute atomic E-state index is 0.0348. The summed E-state index contributed by atoms with van der Waals surface area (Å²) in [6, 6.07) is 13.9. The van der Waals surface area contributed by atoms with Gasteiger partial charge in [-0.1, -0.05) is 30.7 Å². The first-order valence-corrected chi connectivity index (χ1v) is 10.6. The third-order valence-corrected chi connectivity index (χ3v) is 5.99. The highest BCUT2D eigenvalue weighted by molar-refractivity contribution is 6.31. The van der Waals surface area contributed by atoms with E-state index in [1.807, 2.05) is 55.1 Å². The molecule has 4 rings (SSSR count). The zero-order valence-corrected chi connectivity index (χ0v) is 17.7. The summed E-state index contributed by atoms with van der Waals surface area (Å²) in [4.78, 5) is 19.3. The van der Waals surface area contributed by atoms with Crippen LogP contribution in [0.5, 0.6) is 5.75 Å². The lowest BCUT2D eigenvalue weighted by atomic mass is 10.2. The van der Waals surface area contributed by atoms with E-state index < -0.39 is 0 Å². The highest BCUT2D eigenvalue weighted by Crippen LogP contribution is 2.34. The van der Waals surface area contributed by atoms with Gasteiger partial charge in [0.05, 0.1) is 23.6 Å². The van der Waals surface area contributed by atoms with Gasteiger partial charge in [-0.2, -0.15) is 0 Å². The number of carbonyl (C=O) groups excluding carboxylic acids is 1. The van der Waals surface area contributed by atoms with Crippen molar-refractivity contribution in [2.75, 3.05) is 13.2 Å². The predicted octanol–water partition coefficient (Wildman–Crippen LogP) is 5.15. The molecule has 0 saturated carbocycles. The Hall–Kier alpha value is -2.53. The Kier molecular flexibility index (Phi) is 5.76. The van der Waals surface area contributed by atoms with E-state index in [4.69, 9.17) is 21.3 Å². The maximum absolute atomic E-state index is 12.4. The number of hydrogen-bond acceptors (Lipinski definition) is 3. The van der Waals surface area contributed by atoms with E-state index in [9.17, 15) is 4.79 Å². The molecule has 1 amide bonds. The topological polar surface area (TPSA) is 47.4 Å². The highest BCUT2D eigenvalue weighted by Gasteiger charge is 2.32. The number of imidazole rings is 1. The van der Waals surface area contributed by atoms with Crippen LogP contribution in [0.3, 0.4) is 0 Å². The molecule has 1 aliphatic rings. The Balaban J connectivity index is 1.60. The number of hydrogen-bond donors (Lipinski definition) is 0. The standard InChI is InChI=1S/C23H26ClN3O2/c1-3-22(28)26-12-6-9-21(26)23-25-19-7-4-5-8-20(19)27(23)13-14-29-17-10-11-18(24)16(2)15-17/h4-5,7-8,10-11,15,21H,3,6,9,12-14H2,1-2H3/t21-/m0/s1. The van der Waals surface area contributed by atoms with Gasteiger partial charge in [0.15, 0.2) is 0 Å². The van der Waals surface area contributed by atoms with Crippen LogP contribution in [0.15, 0.2) is 42.5 Å². The van der Waals surface area contributed by atoms with Crippen molar-refractivity contribution in [2.24, 2.45) is 0 Å². The molecule has 6 heteroatoms. The smallest absolute Gasteiger partial charge is 0.222 e. The van der Waals surface area contributed by atoms with E-state index in [0.717, 1.165) is 52.6 Å². The van der Waals surface area contributed by atoms with Crippen LogP contribution in [0, 0.1) is 6.92 Å². The lowest BCUT2D eigenvalue weighted by molar-refractivity contribution is -0.131. The highest BCUT2D eigenvalue weighted by atomic mass is 35.5. The molecule has 0 unspecified atom stereocenters. The summed E-state index contributed by atoms with van der Waals surface area (Å²) in [7, 11) is 0. The van der Waals surface area contributed by atoms with Crippen molar-refractivity contribution in [1.29, 1.82) is 0 Å². The van der Waals surface area contributed by atoms with Gasteiger partial charge in [0.25, 0.3) is 0 Å².